The molecule has 6 nitrogen and oxygen atoms in total. The van der Waals surface area contributed by atoms with Gasteiger partial charge in [-0.15, -0.1) is 0 Å². The third-order valence-electron chi connectivity index (χ3n) is 2.15. The van der Waals surface area contributed by atoms with Gasteiger partial charge < -0.3 is 9.14 Å². The maximum Gasteiger partial charge on any atom is 0.339 e. The van der Waals surface area contributed by atoms with E-state index in [2.05, 4.69) is 9.72 Å². The highest BCUT2D eigenvalue weighted by atomic mass is 35.7. The van der Waals surface area contributed by atoms with Gasteiger partial charge in [0, 0.05) is 16.9 Å². The first-order valence-corrected chi connectivity index (χ1v) is 6.74. The highest BCUT2D eigenvalue weighted by molar-refractivity contribution is 8.13. The van der Waals surface area contributed by atoms with E-state index in [1.54, 1.807) is 0 Å². The molecule has 0 aromatic carbocycles. The summed E-state index contributed by atoms with van der Waals surface area (Å²) in [4.78, 5) is 14.9. The molecular weight excluding hydrogens is 268 g/mol. The molecule has 2 heterocycles. The van der Waals surface area contributed by atoms with Crippen LogP contribution in [0.3, 0.4) is 0 Å². The zero-order valence-electron chi connectivity index (χ0n) is 8.62. The normalized spacial score (nSPS) is 11.6. The van der Waals surface area contributed by atoms with Crippen LogP contribution < -0.4 is 0 Å². The largest absolute Gasteiger partial charge is 0.465 e. The van der Waals surface area contributed by atoms with Crippen molar-refractivity contribution in [1.82, 2.24) is 9.38 Å². The van der Waals surface area contributed by atoms with E-state index in [1.807, 2.05) is 0 Å². The Kier molecular flexibility index (Phi) is 2.80. The van der Waals surface area contributed by atoms with E-state index in [9.17, 15) is 13.2 Å². The maximum absolute atomic E-state index is 11.3. The molecule has 0 aliphatic carbocycles. The minimum atomic E-state index is -3.90. The molecular formula is C9H7ClN2O4S. The molecule has 0 radical (unpaired) electrons. The molecule has 0 amide bonds. The molecule has 2 aromatic heterocycles. The number of halogens is 1. The summed E-state index contributed by atoms with van der Waals surface area (Å²) in [6.45, 7) is 0. The lowest BCUT2D eigenvalue weighted by Crippen LogP contribution is -2.02. The molecule has 0 saturated heterocycles. The minimum absolute atomic E-state index is 0.240. The average molecular weight is 275 g/mol. The van der Waals surface area contributed by atoms with Crippen molar-refractivity contribution in [2.75, 3.05) is 7.11 Å². The topological polar surface area (TPSA) is 77.7 Å². The van der Waals surface area contributed by atoms with E-state index in [0.717, 1.165) is 0 Å². The van der Waals surface area contributed by atoms with Crippen LogP contribution in [0.15, 0.2) is 29.7 Å². The molecule has 0 saturated carbocycles. The van der Waals surface area contributed by atoms with E-state index in [0.29, 0.717) is 5.52 Å². The Morgan fingerprint density at radius 2 is 2.18 bits per heavy atom. The van der Waals surface area contributed by atoms with E-state index in [1.165, 1.54) is 36.2 Å². The first kappa shape index (κ1) is 11.9. The Bertz CT molecular complexity index is 692. The number of pyridine rings is 1. The Balaban J connectivity index is 2.64. The summed E-state index contributed by atoms with van der Waals surface area (Å²) in [7, 11) is 2.57. The second-order valence-corrected chi connectivity index (χ2v) is 5.67. The number of carbonyl (C=O) groups is 1. The first-order valence-electron chi connectivity index (χ1n) is 4.43. The summed E-state index contributed by atoms with van der Waals surface area (Å²) >= 11 is 0. The molecule has 0 aliphatic rings. The third kappa shape index (κ3) is 2.11. The number of fused-ring (bicyclic) bond motifs is 1. The minimum Gasteiger partial charge on any atom is -0.465 e. The van der Waals surface area contributed by atoms with E-state index in [-0.39, 0.29) is 10.6 Å². The Hall–Kier alpha value is -1.60. The number of rotatable bonds is 2. The lowest BCUT2D eigenvalue weighted by atomic mass is 10.3. The zero-order valence-corrected chi connectivity index (χ0v) is 10.2. The molecule has 0 fully saturated rings. The lowest BCUT2D eigenvalue weighted by molar-refractivity contribution is 0.0600. The van der Waals surface area contributed by atoms with Crippen molar-refractivity contribution in [2.45, 2.75) is 5.03 Å². The first-order chi connectivity index (χ1) is 7.93. The third-order valence-corrected chi connectivity index (χ3v) is 3.36. The van der Waals surface area contributed by atoms with E-state index < -0.39 is 15.0 Å². The average Bonchev–Trinajstić information content (AvgIpc) is 2.70. The summed E-state index contributed by atoms with van der Waals surface area (Å²) in [5, 5.41) is -0.240. The van der Waals surface area contributed by atoms with Crippen LogP contribution in [-0.4, -0.2) is 30.9 Å². The number of nitrogens with zero attached hydrogens (tertiary/aromatic N) is 2. The van der Waals surface area contributed by atoms with Gasteiger partial charge in [-0.3, -0.25) is 0 Å². The highest BCUT2D eigenvalue weighted by Gasteiger charge is 2.18. The second-order valence-electron chi connectivity index (χ2n) is 3.19. The number of hydrogen-bond donors (Lipinski definition) is 0. The van der Waals surface area contributed by atoms with Crippen molar-refractivity contribution in [2.24, 2.45) is 0 Å². The number of esters is 1. The molecule has 0 bridgehead atoms. The summed E-state index contributed by atoms with van der Waals surface area (Å²) in [5.41, 5.74) is 0.587. The van der Waals surface area contributed by atoms with Crippen molar-refractivity contribution >= 4 is 31.2 Å². The molecule has 0 atom stereocenters. The van der Waals surface area contributed by atoms with Crippen LogP contribution in [0, 0.1) is 0 Å². The monoisotopic (exact) mass is 274 g/mol. The van der Waals surface area contributed by atoms with Crippen LogP contribution in [0.4, 0.5) is 0 Å². The molecule has 17 heavy (non-hydrogen) atoms. The smallest absolute Gasteiger partial charge is 0.339 e. The standard InChI is InChI=1S/C9H7ClN2O4S/c1-16-9(13)6-2-3-7-8(17(10,14)15)11-5-12(7)4-6/h2-5H,1H3. The van der Waals surface area contributed by atoms with Gasteiger partial charge in [0.15, 0.2) is 5.03 Å². The van der Waals surface area contributed by atoms with Gasteiger partial charge in [0.25, 0.3) is 9.05 Å². The summed E-state index contributed by atoms with van der Waals surface area (Å²) < 4.78 is 28.3. The van der Waals surface area contributed by atoms with Crippen LogP contribution in [0.25, 0.3) is 5.52 Å². The number of ether oxygens (including phenoxy) is 1. The molecule has 8 heteroatoms. The number of hydrogen-bond acceptors (Lipinski definition) is 5. The SMILES string of the molecule is COC(=O)c1ccc2c(S(=O)(=O)Cl)ncn2c1. The fourth-order valence-corrected chi connectivity index (χ4v) is 2.35. The predicted octanol–water partition coefficient (Wildman–Crippen LogP) is 1.05. The molecule has 0 spiro atoms. The number of methoxy groups -OCH3 is 1. The molecule has 2 aromatic rings. The molecule has 0 N–H and O–H groups in total. The van der Waals surface area contributed by atoms with Gasteiger partial charge in [-0.05, 0) is 12.1 Å². The summed E-state index contributed by atoms with van der Waals surface area (Å²) in [5.74, 6) is -0.518. The fraction of sp³-hybridized carbons (Fsp3) is 0.111. The molecule has 2 rings (SSSR count). The number of imidazole rings is 1. The van der Waals surface area contributed by atoms with Gasteiger partial charge >= 0.3 is 5.97 Å². The Morgan fingerprint density at radius 1 is 1.47 bits per heavy atom. The molecule has 0 unspecified atom stereocenters. The van der Waals surface area contributed by atoms with Crippen LogP contribution >= 0.6 is 10.7 Å². The van der Waals surface area contributed by atoms with Crippen LogP contribution in [0.2, 0.25) is 0 Å². The fourth-order valence-electron chi connectivity index (χ4n) is 1.40. The zero-order chi connectivity index (χ0) is 12.6. The second kappa shape index (κ2) is 4.01. The van der Waals surface area contributed by atoms with E-state index >= 15 is 0 Å². The summed E-state index contributed by atoms with van der Waals surface area (Å²) in [6.07, 6.45) is 2.68. The van der Waals surface area contributed by atoms with Gasteiger partial charge in [0.2, 0.25) is 0 Å². The Labute approximate surface area is 101 Å². The van der Waals surface area contributed by atoms with Gasteiger partial charge in [-0.2, -0.15) is 0 Å². The van der Waals surface area contributed by atoms with Gasteiger partial charge in [-0.1, -0.05) is 0 Å². The number of aromatic nitrogens is 2. The van der Waals surface area contributed by atoms with Gasteiger partial charge in [0.1, 0.15) is 6.33 Å². The van der Waals surface area contributed by atoms with Crippen molar-refractivity contribution in [3.05, 3.63) is 30.2 Å². The van der Waals surface area contributed by atoms with Crippen molar-refractivity contribution in [1.29, 1.82) is 0 Å². The molecule has 0 aliphatic heterocycles. The Morgan fingerprint density at radius 3 is 2.76 bits per heavy atom. The van der Waals surface area contributed by atoms with Crippen LogP contribution in [0.5, 0.6) is 0 Å². The maximum atomic E-state index is 11.3. The van der Waals surface area contributed by atoms with Crippen molar-refractivity contribution in [3.8, 4) is 0 Å². The molecule has 90 valence electrons. The summed E-state index contributed by atoms with van der Waals surface area (Å²) in [6, 6.07) is 2.88. The predicted molar refractivity (Wildman–Crippen MR) is 59.6 cm³/mol. The van der Waals surface area contributed by atoms with Crippen molar-refractivity contribution < 1.29 is 17.9 Å². The quantitative estimate of drug-likeness (QED) is 0.604. The highest BCUT2D eigenvalue weighted by Crippen LogP contribution is 2.19. The van der Waals surface area contributed by atoms with E-state index in [4.69, 9.17) is 10.7 Å². The van der Waals surface area contributed by atoms with Crippen molar-refractivity contribution in [3.63, 3.8) is 0 Å². The van der Waals surface area contributed by atoms with Gasteiger partial charge in [0.05, 0.1) is 18.2 Å². The lowest BCUT2D eigenvalue weighted by Gasteiger charge is -2.00. The number of carbonyl (C=O) groups excluding carboxylic acids is 1. The van der Waals surface area contributed by atoms with Gasteiger partial charge in [-0.25, -0.2) is 18.2 Å². The van der Waals surface area contributed by atoms with Crippen LogP contribution in [0.1, 0.15) is 10.4 Å². The van der Waals surface area contributed by atoms with Crippen LogP contribution in [-0.2, 0) is 13.8 Å².